The van der Waals surface area contributed by atoms with Gasteiger partial charge in [-0.3, -0.25) is 14.9 Å². The lowest BCUT2D eigenvalue weighted by Crippen LogP contribution is -2.43. The Morgan fingerprint density at radius 1 is 1.30 bits per heavy atom. The van der Waals surface area contributed by atoms with E-state index in [1.807, 2.05) is 11.8 Å². The fourth-order valence-electron chi connectivity index (χ4n) is 3.60. The van der Waals surface area contributed by atoms with Crippen LogP contribution in [0.4, 0.5) is 0 Å². The summed E-state index contributed by atoms with van der Waals surface area (Å²) in [4.78, 5) is 16.8. The summed E-state index contributed by atoms with van der Waals surface area (Å²) < 4.78 is 0. The molecule has 2 aliphatic heterocycles. The lowest BCUT2D eigenvalue weighted by atomic mass is 9.80. The van der Waals surface area contributed by atoms with Crippen molar-refractivity contribution in [1.29, 1.82) is 0 Å². The Labute approximate surface area is 124 Å². The molecule has 3 N–H and O–H groups in total. The molecule has 0 radical (unpaired) electrons. The normalized spacial score (nSPS) is 41.9. The number of aliphatic carboxylic acids is 1. The van der Waals surface area contributed by atoms with E-state index in [9.17, 15) is 4.79 Å². The molecule has 114 valence electrons. The number of hydrogen-bond acceptors (Lipinski definition) is 5. The summed E-state index contributed by atoms with van der Waals surface area (Å²) in [6.45, 7) is 0. The summed E-state index contributed by atoms with van der Waals surface area (Å²) in [5.41, 5.74) is 3.10. The van der Waals surface area contributed by atoms with Gasteiger partial charge in [0, 0.05) is 11.7 Å². The molecule has 20 heavy (non-hydrogen) atoms. The maximum atomic E-state index is 11.1. The van der Waals surface area contributed by atoms with Gasteiger partial charge in [-0.1, -0.05) is 6.42 Å². The molecular formula is C14H24N2O3S. The van der Waals surface area contributed by atoms with Gasteiger partial charge in [-0.05, 0) is 43.8 Å². The van der Waals surface area contributed by atoms with Crippen molar-refractivity contribution in [3.8, 4) is 0 Å². The molecule has 6 heteroatoms. The van der Waals surface area contributed by atoms with Crippen molar-refractivity contribution in [1.82, 2.24) is 10.8 Å². The first-order chi connectivity index (χ1) is 9.72. The summed E-state index contributed by atoms with van der Waals surface area (Å²) in [6, 6.07) is 0. The SMILES string of the molecule is O=C(O)C1CCCC(C2NOC(CC3CCCS3)N2)C1. The van der Waals surface area contributed by atoms with Crippen molar-refractivity contribution in [2.45, 2.75) is 62.6 Å². The maximum absolute atomic E-state index is 11.1. The first kappa shape index (κ1) is 14.6. The summed E-state index contributed by atoms with van der Waals surface area (Å²) in [5, 5.41) is 13.4. The van der Waals surface area contributed by atoms with Crippen molar-refractivity contribution in [2.75, 3.05) is 5.75 Å². The van der Waals surface area contributed by atoms with Crippen LogP contribution in [-0.2, 0) is 9.63 Å². The second-order valence-corrected chi connectivity index (χ2v) is 7.61. The van der Waals surface area contributed by atoms with E-state index in [2.05, 4.69) is 10.8 Å². The van der Waals surface area contributed by atoms with Crippen LogP contribution in [0.3, 0.4) is 0 Å². The molecule has 0 aromatic rings. The molecule has 1 saturated carbocycles. The Morgan fingerprint density at radius 3 is 2.95 bits per heavy atom. The van der Waals surface area contributed by atoms with Crippen LogP contribution in [-0.4, -0.2) is 34.5 Å². The molecule has 3 rings (SSSR count). The van der Waals surface area contributed by atoms with Crippen molar-refractivity contribution in [3.05, 3.63) is 0 Å². The highest BCUT2D eigenvalue weighted by Crippen LogP contribution is 2.34. The molecule has 0 amide bonds. The van der Waals surface area contributed by atoms with E-state index in [0.29, 0.717) is 11.2 Å². The lowest BCUT2D eigenvalue weighted by molar-refractivity contribution is -0.143. The second kappa shape index (κ2) is 6.64. The van der Waals surface area contributed by atoms with Crippen LogP contribution in [0.15, 0.2) is 0 Å². The van der Waals surface area contributed by atoms with E-state index in [1.54, 1.807) is 0 Å². The van der Waals surface area contributed by atoms with Crippen LogP contribution in [0.1, 0.15) is 44.9 Å². The highest BCUT2D eigenvalue weighted by molar-refractivity contribution is 8.00. The number of carbonyl (C=O) groups is 1. The van der Waals surface area contributed by atoms with Crippen molar-refractivity contribution >= 4 is 17.7 Å². The van der Waals surface area contributed by atoms with Crippen LogP contribution in [0.25, 0.3) is 0 Å². The lowest BCUT2D eigenvalue weighted by Gasteiger charge is -2.30. The molecular weight excluding hydrogens is 276 g/mol. The fraction of sp³-hybridized carbons (Fsp3) is 0.929. The van der Waals surface area contributed by atoms with Gasteiger partial charge in [0.25, 0.3) is 0 Å². The Bertz CT molecular complexity index is 349. The van der Waals surface area contributed by atoms with Gasteiger partial charge in [-0.2, -0.15) is 17.2 Å². The molecule has 5 unspecified atom stereocenters. The number of carboxylic acid groups (broad SMARTS) is 1. The minimum Gasteiger partial charge on any atom is -0.481 e. The summed E-state index contributed by atoms with van der Waals surface area (Å²) >= 11 is 2.04. The van der Waals surface area contributed by atoms with Gasteiger partial charge in [0.1, 0.15) is 6.23 Å². The van der Waals surface area contributed by atoms with E-state index in [1.165, 1.54) is 18.6 Å². The van der Waals surface area contributed by atoms with E-state index in [-0.39, 0.29) is 18.3 Å². The Hall–Kier alpha value is -0.300. The average Bonchev–Trinajstić information content (AvgIpc) is 3.11. The Balaban J connectivity index is 1.47. The molecule has 0 spiro atoms. The van der Waals surface area contributed by atoms with Crippen LogP contribution in [0.5, 0.6) is 0 Å². The van der Waals surface area contributed by atoms with Crippen LogP contribution in [0.2, 0.25) is 0 Å². The monoisotopic (exact) mass is 300 g/mol. The van der Waals surface area contributed by atoms with Gasteiger partial charge in [0.15, 0.2) is 0 Å². The Morgan fingerprint density at radius 2 is 2.20 bits per heavy atom. The quantitative estimate of drug-likeness (QED) is 0.737. The molecule has 2 heterocycles. The third kappa shape index (κ3) is 3.47. The zero-order valence-electron chi connectivity index (χ0n) is 11.7. The molecule has 0 aromatic carbocycles. The molecule has 1 aliphatic carbocycles. The number of thioether (sulfide) groups is 1. The number of nitrogens with one attached hydrogen (secondary N) is 2. The summed E-state index contributed by atoms with van der Waals surface area (Å²) in [5.74, 6) is 0.817. The highest BCUT2D eigenvalue weighted by atomic mass is 32.2. The molecule has 3 fully saturated rings. The van der Waals surface area contributed by atoms with Gasteiger partial charge < -0.3 is 5.11 Å². The number of rotatable bonds is 4. The van der Waals surface area contributed by atoms with E-state index in [4.69, 9.17) is 9.94 Å². The predicted octanol–water partition coefficient (Wildman–Crippen LogP) is 1.94. The van der Waals surface area contributed by atoms with E-state index in [0.717, 1.165) is 32.1 Å². The predicted molar refractivity (Wildman–Crippen MR) is 78.1 cm³/mol. The largest absolute Gasteiger partial charge is 0.481 e. The number of hydrogen-bond donors (Lipinski definition) is 3. The highest BCUT2D eigenvalue weighted by Gasteiger charge is 2.37. The van der Waals surface area contributed by atoms with Crippen molar-refractivity contribution < 1.29 is 14.7 Å². The fourth-order valence-corrected chi connectivity index (χ4v) is 4.91. The van der Waals surface area contributed by atoms with E-state index >= 15 is 0 Å². The molecule has 0 aromatic heterocycles. The van der Waals surface area contributed by atoms with Crippen molar-refractivity contribution in [3.63, 3.8) is 0 Å². The second-order valence-electron chi connectivity index (χ2n) is 6.20. The van der Waals surface area contributed by atoms with Gasteiger partial charge in [0.2, 0.25) is 0 Å². The zero-order valence-corrected chi connectivity index (χ0v) is 12.5. The van der Waals surface area contributed by atoms with E-state index < -0.39 is 5.97 Å². The smallest absolute Gasteiger partial charge is 0.306 e. The minimum atomic E-state index is -0.646. The zero-order chi connectivity index (χ0) is 13.9. The van der Waals surface area contributed by atoms with Crippen LogP contribution < -0.4 is 10.8 Å². The first-order valence-electron chi connectivity index (χ1n) is 7.74. The molecule has 0 bridgehead atoms. The summed E-state index contributed by atoms with van der Waals surface area (Å²) in [6.07, 6.45) is 7.53. The van der Waals surface area contributed by atoms with Crippen molar-refractivity contribution in [2.24, 2.45) is 11.8 Å². The molecule has 2 saturated heterocycles. The minimum absolute atomic E-state index is 0.0841. The molecule has 3 aliphatic rings. The standard InChI is InChI=1S/C14H24N2O3S/c17-14(18)10-4-1-3-9(7-10)13-15-12(19-16-13)8-11-5-2-6-20-11/h9-13,15-16H,1-8H2,(H,17,18). The van der Waals surface area contributed by atoms with Gasteiger partial charge >= 0.3 is 5.97 Å². The number of carboxylic acids is 1. The topological polar surface area (TPSA) is 70.6 Å². The third-order valence-corrected chi connectivity index (χ3v) is 6.16. The van der Waals surface area contributed by atoms with Crippen LogP contribution >= 0.6 is 11.8 Å². The summed E-state index contributed by atoms with van der Waals surface area (Å²) in [7, 11) is 0. The van der Waals surface area contributed by atoms with Crippen LogP contribution in [0, 0.1) is 11.8 Å². The molecule has 5 nitrogen and oxygen atoms in total. The molecule has 5 atom stereocenters. The third-order valence-electron chi connectivity index (χ3n) is 4.74. The van der Waals surface area contributed by atoms with Gasteiger partial charge in [-0.15, -0.1) is 0 Å². The number of hydroxylamine groups is 1. The van der Waals surface area contributed by atoms with Gasteiger partial charge in [0.05, 0.1) is 12.1 Å². The Kier molecular flexibility index (Phi) is 4.86. The maximum Gasteiger partial charge on any atom is 0.306 e. The average molecular weight is 300 g/mol. The first-order valence-corrected chi connectivity index (χ1v) is 8.79. The van der Waals surface area contributed by atoms with Gasteiger partial charge in [-0.25, -0.2) is 0 Å².